The number of H-pyrrole nitrogens is 1. The molecule has 1 saturated carbocycles. The number of aliphatic hydroxyl groups excluding tert-OH is 1. The second-order valence-electron chi connectivity index (χ2n) is 6.63. The molecule has 1 aliphatic carbocycles. The standard InChI is InChI=1S/C18H25N3O2S/c1-12(18-19-14-7-3-4-8-15(14)20-18)24-11-17(23)21(2)10-13-6-5-9-16(13)22/h3-4,7-8,12-13,16,22H,5-6,9-11H2,1-2H3,(H,19,20). The average Bonchev–Trinajstić information content (AvgIpc) is 3.18. The van der Waals surface area contributed by atoms with Crippen LogP contribution >= 0.6 is 11.8 Å². The molecule has 5 nitrogen and oxygen atoms in total. The van der Waals surface area contributed by atoms with Crippen LogP contribution in [0.1, 0.15) is 37.3 Å². The van der Waals surface area contributed by atoms with Crippen LogP contribution in [0.25, 0.3) is 11.0 Å². The number of carbonyl (C=O) groups is 1. The molecule has 1 aliphatic rings. The highest BCUT2D eigenvalue weighted by Crippen LogP contribution is 2.29. The highest BCUT2D eigenvalue weighted by atomic mass is 32.2. The lowest BCUT2D eigenvalue weighted by atomic mass is 10.1. The van der Waals surface area contributed by atoms with Crippen LogP contribution in [-0.2, 0) is 4.79 Å². The molecule has 1 fully saturated rings. The molecule has 3 atom stereocenters. The third kappa shape index (κ3) is 3.92. The largest absolute Gasteiger partial charge is 0.393 e. The number of amides is 1. The molecule has 1 aromatic heterocycles. The molecule has 3 unspecified atom stereocenters. The first-order valence-corrected chi connectivity index (χ1v) is 9.57. The van der Waals surface area contributed by atoms with E-state index in [1.807, 2.05) is 31.3 Å². The maximum Gasteiger partial charge on any atom is 0.232 e. The maximum absolute atomic E-state index is 12.3. The zero-order valence-electron chi connectivity index (χ0n) is 14.2. The molecule has 1 heterocycles. The summed E-state index contributed by atoms with van der Waals surface area (Å²) < 4.78 is 0. The predicted molar refractivity (Wildman–Crippen MR) is 98.0 cm³/mol. The van der Waals surface area contributed by atoms with E-state index in [9.17, 15) is 9.90 Å². The van der Waals surface area contributed by atoms with Crippen LogP contribution in [-0.4, -0.2) is 51.3 Å². The minimum Gasteiger partial charge on any atom is -0.393 e. The van der Waals surface area contributed by atoms with Gasteiger partial charge in [0.2, 0.25) is 5.91 Å². The summed E-state index contributed by atoms with van der Waals surface area (Å²) in [5.41, 5.74) is 1.98. The van der Waals surface area contributed by atoms with E-state index < -0.39 is 0 Å². The molecule has 0 aliphatic heterocycles. The van der Waals surface area contributed by atoms with Gasteiger partial charge >= 0.3 is 0 Å². The van der Waals surface area contributed by atoms with E-state index in [2.05, 4.69) is 16.9 Å². The molecule has 24 heavy (non-hydrogen) atoms. The zero-order valence-corrected chi connectivity index (χ0v) is 15.1. The monoisotopic (exact) mass is 347 g/mol. The Kier molecular flexibility index (Phi) is 5.46. The third-order valence-corrected chi connectivity index (χ3v) is 5.94. The smallest absolute Gasteiger partial charge is 0.232 e. The Morgan fingerprint density at radius 2 is 2.25 bits per heavy atom. The van der Waals surface area contributed by atoms with E-state index >= 15 is 0 Å². The van der Waals surface area contributed by atoms with Gasteiger partial charge in [0.05, 0.1) is 28.1 Å². The van der Waals surface area contributed by atoms with Gasteiger partial charge in [-0.2, -0.15) is 0 Å². The van der Waals surface area contributed by atoms with E-state index in [0.29, 0.717) is 12.3 Å². The molecule has 2 N–H and O–H groups in total. The molecule has 0 saturated heterocycles. The molecule has 1 aromatic carbocycles. The van der Waals surface area contributed by atoms with Gasteiger partial charge in [0.25, 0.3) is 0 Å². The van der Waals surface area contributed by atoms with Crippen molar-refractivity contribution < 1.29 is 9.90 Å². The first-order valence-electron chi connectivity index (χ1n) is 8.53. The van der Waals surface area contributed by atoms with Gasteiger partial charge in [0.15, 0.2) is 0 Å². The summed E-state index contributed by atoms with van der Waals surface area (Å²) in [4.78, 5) is 22.0. The first kappa shape index (κ1) is 17.3. The number of carbonyl (C=O) groups excluding carboxylic acids is 1. The van der Waals surface area contributed by atoms with E-state index in [0.717, 1.165) is 36.1 Å². The van der Waals surface area contributed by atoms with Crippen LogP contribution in [0.2, 0.25) is 0 Å². The third-order valence-electron chi connectivity index (χ3n) is 4.80. The summed E-state index contributed by atoms with van der Waals surface area (Å²) in [5.74, 6) is 1.68. The van der Waals surface area contributed by atoms with Crippen LogP contribution in [0.4, 0.5) is 0 Å². The van der Waals surface area contributed by atoms with Crippen molar-refractivity contribution in [2.24, 2.45) is 5.92 Å². The molecule has 0 radical (unpaired) electrons. The molecule has 130 valence electrons. The lowest BCUT2D eigenvalue weighted by molar-refractivity contribution is -0.128. The number of rotatable bonds is 6. The summed E-state index contributed by atoms with van der Waals surface area (Å²) >= 11 is 1.59. The van der Waals surface area contributed by atoms with E-state index in [-0.39, 0.29) is 23.2 Å². The highest BCUT2D eigenvalue weighted by Gasteiger charge is 2.27. The van der Waals surface area contributed by atoms with E-state index in [1.165, 1.54) is 0 Å². The molecule has 1 amide bonds. The van der Waals surface area contributed by atoms with Crippen molar-refractivity contribution in [1.82, 2.24) is 14.9 Å². The average molecular weight is 347 g/mol. The Bertz CT molecular complexity index is 669. The maximum atomic E-state index is 12.3. The van der Waals surface area contributed by atoms with Crippen LogP contribution < -0.4 is 0 Å². The number of aromatic amines is 1. The van der Waals surface area contributed by atoms with Crippen molar-refractivity contribution in [3.8, 4) is 0 Å². The number of para-hydroxylation sites is 2. The van der Waals surface area contributed by atoms with Crippen molar-refractivity contribution in [3.63, 3.8) is 0 Å². The minimum atomic E-state index is -0.248. The van der Waals surface area contributed by atoms with Crippen LogP contribution in [0.15, 0.2) is 24.3 Å². The van der Waals surface area contributed by atoms with Crippen LogP contribution in [0, 0.1) is 5.92 Å². The van der Waals surface area contributed by atoms with Crippen molar-refractivity contribution in [3.05, 3.63) is 30.1 Å². The number of hydrogen-bond acceptors (Lipinski definition) is 4. The number of imidazole rings is 1. The van der Waals surface area contributed by atoms with Crippen LogP contribution in [0.3, 0.4) is 0 Å². The van der Waals surface area contributed by atoms with Crippen molar-refractivity contribution in [2.45, 2.75) is 37.5 Å². The van der Waals surface area contributed by atoms with Gasteiger partial charge in [0, 0.05) is 19.5 Å². The second kappa shape index (κ2) is 7.57. The first-order chi connectivity index (χ1) is 11.5. The van der Waals surface area contributed by atoms with Gasteiger partial charge in [-0.05, 0) is 31.9 Å². The van der Waals surface area contributed by atoms with Crippen molar-refractivity contribution >= 4 is 28.7 Å². The summed E-state index contributed by atoms with van der Waals surface area (Å²) in [6.07, 6.45) is 2.69. The van der Waals surface area contributed by atoms with E-state index in [4.69, 9.17) is 0 Å². The molecule has 2 aromatic rings. The van der Waals surface area contributed by atoms with Gasteiger partial charge in [-0.15, -0.1) is 11.8 Å². The van der Waals surface area contributed by atoms with Gasteiger partial charge in [-0.3, -0.25) is 4.79 Å². The Balaban J connectivity index is 1.51. The predicted octanol–water partition coefficient (Wildman–Crippen LogP) is 2.98. The molecular formula is C18H25N3O2S. The summed E-state index contributed by atoms with van der Waals surface area (Å²) in [6.45, 7) is 2.72. The number of aliphatic hydroxyl groups is 1. The van der Waals surface area contributed by atoms with Gasteiger partial charge < -0.3 is 15.0 Å². The van der Waals surface area contributed by atoms with E-state index in [1.54, 1.807) is 16.7 Å². The zero-order chi connectivity index (χ0) is 17.1. The number of thioether (sulfide) groups is 1. The highest BCUT2D eigenvalue weighted by molar-refractivity contribution is 8.00. The summed E-state index contributed by atoms with van der Waals surface area (Å²) in [7, 11) is 1.83. The number of nitrogens with zero attached hydrogens (tertiary/aromatic N) is 2. The fraction of sp³-hybridized carbons (Fsp3) is 0.556. The normalized spacial score (nSPS) is 22.0. The van der Waals surface area contributed by atoms with Crippen molar-refractivity contribution in [2.75, 3.05) is 19.3 Å². The van der Waals surface area contributed by atoms with Gasteiger partial charge in [-0.1, -0.05) is 18.6 Å². The Hall–Kier alpha value is -1.53. The fourth-order valence-electron chi connectivity index (χ4n) is 3.23. The molecule has 3 rings (SSSR count). The van der Waals surface area contributed by atoms with Crippen molar-refractivity contribution in [1.29, 1.82) is 0 Å². The van der Waals surface area contributed by atoms with Gasteiger partial charge in [-0.25, -0.2) is 4.98 Å². The topological polar surface area (TPSA) is 69.2 Å². The molecule has 6 heteroatoms. The Morgan fingerprint density at radius 1 is 1.46 bits per heavy atom. The van der Waals surface area contributed by atoms with Crippen LogP contribution in [0.5, 0.6) is 0 Å². The summed E-state index contributed by atoms with van der Waals surface area (Å²) in [5, 5.41) is 10.0. The Labute approximate surface area is 146 Å². The molecule has 0 bridgehead atoms. The minimum absolute atomic E-state index is 0.113. The number of fused-ring (bicyclic) bond motifs is 1. The number of nitrogens with one attached hydrogen (secondary N) is 1. The number of benzene rings is 1. The SMILES string of the molecule is CC(SCC(=O)N(C)CC1CCCC1O)c1nc2ccccc2[nH]1. The number of hydrogen-bond donors (Lipinski definition) is 2. The number of aromatic nitrogens is 2. The molecule has 0 spiro atoms. The summed E-state index contributed by atoms with van der Waals surface area (Å²) in [6, 6.07) is 7.95. The molecular weight excluding hydrogens is 322 g/mol. The second-order valence-corrected chi connectivity index (χ2v) is 7.95. The lowest BCUT2D eigenvalue weighted by Crippen LogP contribution is -2.35. The quantitative estimate of drug-likeness (QED) is 0.843. The lowest BCUT2D eigenvalue weighted by Gasteiger charge is -2.23. The van der Waals surface area contributed by atoms with Gasteiger partial charge in [0.1, 0.15) is 5.82 Å². The fourth-order valence-corrected chi connectivity index (χ4v) is 4.12. The Morgan fingerprint density at radius 3 is 2.96 bits per heavy atom.